The summed E-state index contributed by atoms with van der Waals surface area (Å²) in [6, 6.07) is 0. The normalized spacial score (nSPS) is 13.2. The number of unbranched alkanes of at least 4 members (excludes halogenated alkanes) is 2. The summed E-state index contributed by atoms with van der Waals surface area (Å²) in [6.07, 6.45) is 6.75. The van der Waals surface area contributed by atoms with Crippen LogP contribution < -0.4 is 5.32 Å². The largest absolute Gasteiger partial charge is 0.370 e. The Morgan fingerprint density at radius 1 is 1.23 bits per heavy atom. The highest BCUT2D eigenvalue weighted by Crippen LogP contribution is 2.11. The molecule has 0 saturated heterocycles. The predicted octanol–water partition coefficient (Wildman–Crippen LogP) is 2.79. The maximum atomic E-state index is 4.91. The van der Waals surface area contributed by atoms with E-state index in [0.717, 1.165) is 12.5 Å². The summed E-state index contributed by atoms with van der Waals surface area (Å²) in [5, 5.41) is 3.23. The lowest BCUT2D eigenvalue weighted by atomic mass is 10.0. The van der Waals surface area contributed by atoms with Crippen molar-refractivity contribution in [2.75, 3.05) is 20.4 Å². The number of nitrogens with one attached hydrogen (secondary N) is 1. The van der Waals surface area contributed by atoms with Crippen molar-refractivity contribution in [1.82, 2.24) is 5.32 Å². The molecule has 0 aromatic heterocycles. The third kappa shape index (κ3) is 9.84. The zero-order valence-corrected chi connectivity index (χ0v) is 9.44. The summed E-state index contributed by atoms with van der Waals surface area (Å²) in [4.78, 5) is 0. The maximum absolute atomic E-state index is 4.91. The average molecular weight is 187 g/mol. The summed E-state index contributed by atoms with van der Waals surface area (Å²) < 4.78 is 4.91. The van der Waals surface area contributed by atoms with Crippen molar-refractivity contribution in [1.29, 1.82) is 0 Å². The number of hydrogen-bond acceptors (Lipinski definition) is 2. The van der Waals surface area contributed by atoms with E-state index in [1.807, 2.05) is 0 Å². The molecule has 0 aliphatic heterocycles. The summed E-state index contributed by atoms with van der Waals surface area (Å²) >= 11 is 0. The summed E-state index contributed by atoms with van der Waals surface area (Å²) in [5.41, 5.74) is 0. The number of rotatable bonds is 9. The van der Waals surface area contributed by atoms with Crippen LogP contribution in [0.2, 0.25) is 0 Å². The summed E-state index contributed by atoms with van der Waals surface area (Å²) in [7, 11) is 1.72. The Hall–Kier alpha value is -0.0800. The highest BCUT2D eigenvalue weighted by Gasteiger charge is 2.00. The van der Waals surface area contributed by atoms with Crippen molar-refractivity contribution in [2.24, 2.45) is 5.92 Å². The van der Waals surface area contributed by atoms with Crippen LogP contribution in [0.1, 0.15) is 46.0 Å². The van der Waals surface area contributed by atoms with Crippen LogP contribution in [0.15, 0.2) is 0 Å². The smallest absolute Gasteiger partial charge is 0.0961 e. The molecule has 0 saturated carbocycles. The molecule has 1 unspecified atom stereocenters. The molecule has 0 aromatic rings. The molecule has 0 bridgehead atoms. The lowest BCUT2D eigenvalue weighted by molar-refractivity contribution is 0.173. The van der Waals surface area contributed by atoms with Gasteiger partial charge in [-0.1, -0.05) is 39.5 Å². The third-order valence-corrected chi connectivity index (χ3v) is 2.36. The minimum atomic E-state index is 0.682. The van der Waals surface area contributed by atoms with Crippen molar-refractivity contribution in [2.45, 2.75) is 46.0 Å². The molecule has 0 aromatic carbocycles. The van der Waals surface area contributed by atoms with E-state index in [-0.39, 0.29) is 0 Å². The van der Waals surface area contributed by atoms with Gasteiger partial charge in [-0.25, -0.2) is 0 Å². The first kappa shape index (κ1) is 12.9. The monoisotopic (exact) mass is 187 g/mol. The molecule has 0 amide bonds. The minimum absolute atomic E-state index is 0.682. The van der Waals surface area contributed by atoms with Crippen LogP contribution in [0, 0.1) is 5.92 Å². The Labute approximate surface area is 83.1 Å². The van der Waals surface area contributed by atoms with Gasteiger partial charge in [-0.3, -0.25) is 5.32 Å². The van der Waals surface area contributed by atoms with Gasteiger partial charge in [-0.05, 0) is 18.9 Å². The lowest BCUT2D eigenvalue weighted by Crippen LogP contribution is -2.19. The van der Waals surface area contributed by atoms with E-state index in [1.54, 1.807) is 7.11 Å². The number of ether oxygens (including phenoxy) is 1. The van der Waals surface area contributed by atoms with Gasteiger partial charge in [0.15, 0.2) is 0 Å². The Balaban J connectivity index is 3.05. The van der Waals surface area contributed by atoms with E-state index >= 15 is 0 Å². The molecule has 13 heavy (non-hydrogen) atoms. The molecular weight excluding hydrogens is 162 g/mol. The Kier molecular flexibility index (Phi) is 9.94. The highest BCUT2D eigenvalue weighted by atomic mass is 16.5. The van der Waals surface area contributed by atoms with Gasteiger partial charge in [0.2, 0.25) is 0 Å². The summed E-state index contributed by atoms with van der Waals surface area (Å²) in [6.45, 7) is 6.36. The van der Waals surface area contributed by atoms with Crippen LogP contribution >= 0.6 is 0 Å². The zero-order valence-electron chi connectivity index (χ0n) is 9.44. The van der Waals surface area contributed by atoms with Crippen LogP contribution in [0.25, 0.3) is 0 Å². The SMILES string of the molecule is CCCCCC(C)CCNCOC. The molecule has 2 heteroatoms. The van der Waals surface area contributed by atoms with Crippen molar-refractivity contribution in [3.63, 3.8) is 0 Å². The lowest BCUT2D eigenvalue weighted by Gasteiger charge is -2.10. The second-order valence-electron chi connectivity index (χ2n) is 3.82. The predicted molar refractivity (Wildman–Crippen MR) is 57.8 cm³/mol. The molecule has 0 rings (SSSR count). The van der Waals surface area contributed by atoms with E-state index in [4.69, 9.17) is 4.74 Å². The minimum Gasteiger partial charge on any atom is -0.370 e. The molecule has 2 nitrogen and oxygen atoms in total. The van der Waals surface area contributed by atoms with Gasteiger partial charge in [0.1, 0.15) is 0 Å². The maximum Gasteiger partial charge on any atom is 0.0961 e. The first-order chi connectivity index (χ1) is 6.31. The topological polar surface area (TPSA) is 21.3 Å². The molecular formula is C11H25NO. The van der Waals surface area contributed by atoms with Gasteiger partial charge >= 0.3 is 0 Å². The van der Waals surface area contributed by atoms with Gasteiger partial charge in [-0.15, -0.1) is 0 Å². The van der Waals surface area contributed by atoms with Gasteiger partial charge in [-0.2, -0.15) is 0 Å². The van der Waals surface area contributed by atoms with E-state index in [0.29, 0.717) is 6.73 Å². The number of hydrogen-bond donors (Lipinski definition) is 1. The number of methoxy groups -OCH3 is 1. The zero-order chi connectivity index (χ0) is 9.94. The van der Waals surface area contributed by atoms with Gasteiger partial charge in [0.05, 0.1) is 6.73 Å². The van der Waals surface area contributed by atoms with Crippen molar-refractivity contribution < 1.29 is 4.74 Å². The molecule has 0 aliphatic rings. The van der Waals surface area contributed by atoms with Crippen molar-refractivity contribution >= 4 is 0 Å². The molecule has 0 spiro atoms. The standard InChI is InChI=1S/C11H25NO/c1-4-5-6-7-11(2)8-9-12-10-13-3/h11-12H,4-10H2,1-3H3. The third-order valence-electron chi connectivity index (χ3n) is 2.36. The Morgan fingerprint density at radius 3 is 2.62 bits per heavy atom. The van der Waals surface area contributed by atoms with E-state index in [9.17, 15) is 0 Å². The average Bonchev–Trinajstić information content (AvgIpc) is 2.13. The first-order valence-electron chi connectivity index (χ1n) is 5.50. The quantitative estimate of drug-likeness (QED) is 0.443. The van der Waals surface area contributed by atoms with Crippen molar-refractivity contribution in [3.8, 4) is 0 Å². The molecule has 1 N–H and O–H groups in total. The van der Waals surface area contributed by atoms with Crippen LogP contribution in [0.3, 0.4) is 0 Å². The van der Waals surface area contributed by atoms with Crippen LogP contribution in [-0.4, -0.2) is 20.4 Å². The Morgan fingerprint density at radius 2 is 2.00 bits per heavy atom. The molecule has 80 valence electrons. The highest BCUT2D eigenvalue weighted by molar-refractivity contribution is 4.55. The van der Waals surface area contributed by atoms with Gasteiger partial charge < -0.3 is 4.74 Å². The Bertz CT molecular complexity index is 96.1. The molecule has 1 atom stereocenters. The first-order valence-corrected chi connectivity index (χ1v) is 5.50. The van der Waals surface area contributed by atoms with Crippen LogP contribution in [-0.2, 0) is 4.74 Å². The fourth-order valence-corrected chi connectivity index (χ4v) is 1.41. The van der Waals surface area contributed by atoms with Gasteiger partial charge in [0.25, 0.3) is 0 Å². The summed E-state index contributed by atoms with van der Waals surface area (Å²) in [5.74, 6) is 0.857. The fourth-order valence-electron chi connectivity index (χ4n) is 1.41. The van der Waals surface area contributed by atoms with Crippen LogP contribution in [0.5, 0.6) is 0 Å². The second kappa shape index (κ2) is 10.0. The van der Waals surface area contributed by atoms with E-state index in [2.05, 4.69) is 19.2 Å². The second-order valence-corrected chi connectivity index (χ2v) is 3.82. The molecule has 0 radical (unpaired) electrons. The van der Waals surface area contributed by atoms with Crippen LogP contribution in [0.4, 0.5) is 0 Å². The molecule has 0 aliphatic carbocycles. The van der Waals surface area contributed by atoms with Crippen molar-refractivity contribution in [3.05, 3.63) is 0 Å². The van der Waals surface area contributed by atoms with E-state index in [1.165, 1.54) is 32.1 Å². The fraction of sp³-hybridized carbons (Fsp3) is 1.00. The molecule has 0 fully saturated rings. The molecule has 0 heterocycles. The van der Waals surface area contributed by atoms with Gasteiger partial charge in [0, 0.05) is 7.11 Å². The van der Waals surface area contributed by atoms with E-state index < -0.39 is 0 Å².